The van der Waals surface area contributed by atoms with Crippen LogP contribution >= 0.6 is 0 Å². The summed E-state index contributed by atoms with van der Waals surface area (Å²) in [6.07, 6.45) is -1.34. The minimum Gasteiger partial charge on any atom is -0.504 e. The zero-order valence-electron chi connectivity index (χ0n) is 22.4. The molecule has 5 atom stereocenters. The lowest BCUT2D eigenvalue weighted by Crippen LogP contribution is -2.24. The Balaban J connectivity index is 1.44. The van der Waals surface area contributed by atoms with Crippen molar-refractivity contribution in [3.05, 3.63) is 70.8 Å². The smallest absolute Gasteiger partial charge is 0.309 e. The average Bonchev–Trinajstić information content (AvgIpc) is 3.52. The zero-order valence-corrected chi connectivity index (χ0v) is 22.4. The van der Waals surface area contributed by atoms with E-state index in [9.17, 15) is 25.2 Å². The molecule has 40 heavy (non-hydrogen) atoms. The van der Waals surface area contributed by atoms with E-state index in [2.05, 4.69) is 0 Å². The van der Waals surface area contributed by atoms with Crippen LogP contribution in [-0.4, -0.2) is 60.9 Å². The highest BCUT2D eigenvalue weighted by Crippen LogP contribution is 2.52. The Hall–Kier alpha value is -4.15. The summed E-state index contributed by atoms with van der Waals surface area (Å²) in [4.78, 5) is 12.8. The van der Waals surface area contributed by atoms with Crippen LogP contribution in [0, 0.1) is 11.8 Å². The lowest BCUT2D eigenvalue weighted by molar-refractivity contribution is -0.141. The zero-order chi connectivity index (χ0) is 28.6. The Labute approximate surface area is 231 Å². The number of carbonyl (C=O) groups is 1. The largest absolute Gasteiger partial charge is 0.504 e. The van der Waals surface area contributed by atoms with E-state index in [0.29, 0.717) is 22.6 Å². The first-order valence-electron chi connectivity index (χ1n) is 12.9. The molecule has 4 N–H and O–H groups in total. The molecule has 0 bridgehead atoms. The third-order valence-electron chi connectivity index (χ3n) is 7.75. The van der Waals surface area contributed by atoms with E-state index < -0.39 is 35.9 Å². The number of ether oxygens (including phenoxy) is 5. The number of phenols is 2. The predicted octanol–water partition coefficient (Wildman–Crippen LogP) is 3.40. The van der Waals surface area contributed by atoms with Gasteiger partial charge in [0.15, 0.2) is 34.5 Å². The van der Waals surface area contributed by atoms with Gasteiger partial charge < -0.3 is 44.1 Å². The number of phenolic OH excluding ortho intramolecular Hbond substituents is 2. The molecular weight excluding hydrogens is 520 g/mol. The fraction of sp³-hybridized carbons (Fsp3) is 0.367. The molecule has 3 aromatic carbocycles. The molecule has 0 radical (unpaired) electrons. The number of aromatic hydroxyl groups is 2. The Morgan fingerprint density at radius 3 is 2.25 bits per heavy atom. The third-order valence-corrected chi connectivity index (χ3v) is 7.75. The van der Waals surface area contributed by atoms with Crippen molar-refractivity contribution in [2.45, 2.75) is 24.5 Å². The Kier molecular flexibility index (Phi) is 7.64. The lowest BCUT2D eigenvalue weighted by atomic mass is 9.82. The molecular formula is C30H32O10. The van der Waals surface area contributed by atoms with Crippen LogP contribution in [0.25, 0.3) is 0 Å². The summed E-state index contributed by atoms with van der Waals surface area (Å²) >= 11 is 0. The normalized spacial score (nSPS) is 22.3. The second-order valence-electron chi connectivity index (χ2n) is 9.96. The highest BCUT2D eigenvalue weighted by Gasteiger charge is 2.43. The molecule has 1 saturated heterocycles. The highest BCUT2D eigenvalue weighted by molar-refractivity contribution is 5.75. The number of methoxy groups -OCH3 is 3. The molecule has 2 aliphatic heterocycles. The predicted molar refractivity (Wildman–Crippen MR) is 142 cm³/mol. The molecule has 10 nitrogen and oxygen atoms in total. The Morgan fingerprint density at radius 2 is 1.57 bits per heavy atom. The summed E-state index contributed by atoms with van der Waals surface area (Å²) < 4.78 is 27.7. The van der Waals surface area contributed by atoms with Gasteiger partial charge in [-0.05, 0) is 53.4 Å². The SMILES string of the molecule is COc1cc([C@H]2Oc3c(OC)cc(C[C@H]4C(=O)OC[C@@H]4[C@@H](O)c4ccc(O)c(OC)c4)cc3[C@@H]2CO)ccc1O. The summed E-state index contributed by atoms with van der Waals surface area (Å²) in [7, 11) is 4.39. The Bertz CT molecular complexity index is 1400. The second-order valence-corrected chi connectivity index (χ2v) is 9.96. The molecule has 0 aromatic heterocycles. The average molecular weight is 553 g/mol. The van der Waals surface area contributed by atoms with Gasteiger partial charge in [0.25, 0.3) is 0 Å². The first-order valence-corrected chi connectivity index (χ1v) is 12.9. The minimum absolute atomic E-state index is 0.00637. The van der Waals surface area contributed by atoms with Crippen molar-refractivity contribution in [3.63, 3.8) is 0 Å². The monoisotopic (exact) mass is 552 g/mol. The molecule has 1 fully saturated rings. The number of hydrogen-bond donors (Lipinski definition) is 4. The number of esters is 1. The van der Waals surface area contributed by atoms with Crippen molar-refractivity contribution in [1.82, 2.24) is 0 Å². The van der Waals surface area contributed by atoms with Crippen molar-refractivity contribution >= 4 is 5.97 Å². The van der Waals surface area contributed by atoms with Crippen molar-refractivity contribution < 1.29 is 48.9 Å². The summed E-state index contributed by atoms with van der Waals surface area (Å²) in [6, 6.07) is 13.1. The van der Waals surface area contributed by atoms with Gasteiger partial charge in [0.2, 0.25) is 0 Å². The molecule has 212 valence electrons. The lowest BCUT2D eigenvalue weighted by Gasteiger charge is -2.22. The number of aliphatic hydroxyl groups excluding tert-OH is 2. The maximum atomic E-state index is 12.8. The van der Waals surface area contributed by atoms with Crippen molar-refractivity contribution in [2.75, 3.05) is 34.5 Å². The fourth-order valence-corrected chi connectivity index (χ4v) is 5.59. The highest BCUT2D eigenvalue weighted by atomic mass is 16.5. The van der Waals surface area contributed by atoms with Gasteiger partial charge in [-0.25, -0.2) is 0 Å². The van der Waals surface area contributed by atoms with Crippen LogP contribution in [-0.2, 0) is 16.0 Å². The first kappa shape index (κ1) is 27.4. The maximum Gasteiger partial charge on any atom is 0.309 e. The summed E-state index contributed by atoms with van der Waals surface area (Å²) in [5.41, 5.74) is 2.68. The van der Waals surface area contributed by atoms with Crippen LogP contribution in [0.3, 0.4) is 0 Å². The topological polar surface area (TPSA) is 144 Å². The van der Waals surface area contributed by atoms with Crippen LogP contribution in [0.4, 0.5) is 0 Å². The molecule has 2 aliphatic rings. The summed E-state index contributed by atoms with van der Waals surface area (Å²) in [6.45, 7) is -0.175. The van der Waals surface area contributed by atoms with Crippen molar-refractivity contribution in [3.8, 4) is 34.5 Å². The third kappa shape index (κ3) is 4.84. The van der Waals surface area contributed by atoms with E-state index in [1.54, 1.807) is 30.3 Å². The molecule has 0 amide bonds. The molecule has 5 rings (SSSR count). The van der Waals surface area contributed by atoms with Crippen LogP contribution in [0.1, 0.15) is 40.4 Å². The quantitative estimate of drug-likeness (QED) is 0.292. The van der Waals surface area contributed by atoms with E-state index in [1.807, 2.05) is 6.07 Å². The standard InChI is InChI=1S/C30H32O10/c1-36-24-11-16(4-6-22(24)32)27(34)21-14-39-30(35)19(21)9-15-8-18-20(13-31)28(40-29(18)26(10-15)38-3)17-5-7-23(33)25(12-17)37-2/h4-8,10-12,19-21,27-28,31-34H,9,13-14H2,1-3H3/t19-,20+,21+,27+,28-/m1/s1. The van der Waals surface area contributed by atoms with Gasteiger partial charge in [-0.1, -0.05) is 18.2 Å². The Morgan fingerprint density at radius 1 is 0.900 bits per heavy atom. The molecule has 0 unspecified atom stereocenters. The van der Waals surface area contributed by atoms with E-state index in [1.165, 1.54) is 33.5 Å². The maximum absolute atomic E-state index is 12.8. The molecule has 3 aromatic rings. The van der Waals surface area contributed by atoms with Gasteiger partial charge in [-0.3, -0.25) is 4.79 Å². The number of rotatable bonds is 9. The van der Waals surface area contributed by atoms with Crippen molar-refractivity contribution in [1.29, 1.82) is 0 Å². The van der Waals surface area contributed by atoms with Crippen LogP contribution in [0.2, 0.25) is 0 Å². The van der Waals surface area contributed by atoms with E-state index >= 15 is 0 Å². The molecule has 10 heteroatoms. The van der Waals surface area contributed by atoms with Gasteiger partial charge in [0, 0.05) is 11.5 Å². The number of cyclic esters (lactones) is 1. The van der Waals surface area contributed by atoms with Crippen LogP contribution < -0.4 is 18.9 Å². The molecule has 0 saturated carbocycles. The van der Waals surface area contributed by atoms with E-state index in [-0.39, 0.29) is 42.6 Å². The van der Waals surface area contributed by atoms with Gasteiger partial charge >= 0.3 is 5.97 Å². The first-order chi connectivity index (χ1) is 19.3. The number of benzene rings is 3. The molecule has 0 spiro atoms. The fourth-order valence-electron chi connectivity index (χ4n) is 5.59. The van der Waals surface area contributed by atoms with Gasteiger partial charge in [-0.15, -0.1) is 0 Å². The second kappa shape index (κ2) is 11.1. The van der Waals surface area contributed by atoms with Crippen molar-refractivity contribution in [2.24, 2.45) is 11.8 Å². The molecule has 2 heterocycles. The minimum atomic E-state index is -1.04. The van der Waals surface area contributed by atoms with Gasteiger partial charge in [0.05, 0.1) is 52.5 Å². The van der Waals surface area contributed by atoms with Gasteiger partial charge in [-0.2, -0.15) is 0 Å². The van der Waals surface area contributed by atoms with E-state index in [0.717, 1.165) is 11.1 Å². The number of fused-ring (bicyclic) bond motifs is 1. The number of hydrogen-bond acceptors (Lipinski definition) is 10. The molecule has 0 aliphatic carbocycles. The number of carbonyl (C=O) groups excluding carboxylic acids is 1. The summed E-state index contributed by atoms with van der Waals surface area (Å²) in [5.74, 6) is -0.660. The van der Waals surface area contributed by atoms with E-state index in [4.69, 9.17) is 23.7 Å². The van der Waals surface area contributed by atoms with Gasteiger partial charge in [0.1, 0.15) is 6.10 Å². The summed E-state index contributed by atoms with van der Waals surface area (Å²) in [5, 5.41) is 41.5. The number of aliphatic hydroxyl groups is 2. The van der Waals surface area contributed by atoms with Crippen LogP contribution in [0.15, 0.2) is 48.5 Å². The van der Waals surface area contributed by atoms with Crippen LogP contribution in [0.5, 0.6) is 34.5 Å².